The van der Waals surface area contributed by atoms with Gasteiger partial charge in [-0.3, -0.25) is 9.59 Å². The molecule has 6 heteroatoms. The smallest absolute Gasteiger partial charge is 0.259 e. The molecule has 2 atom stereocenters. The molecular weight excluding hydrogens is 468 g/mol. The number of hydrogen-bond acceptors (Lipinski definition) is 4. The van der Waals surface area contributed by atoms with Gasteiger partial charge in [0.05, 0.1) is 24.4 Å². The third-order valence-corrected chi connectivity index (χ3v) is 8.22. The average Bonchev–Trinajstić information content (AvgIpc) is 2.99. The second kappa shape index (κ2) is 10.4. The zero-order chi connectivity index (χ0) is 25.2. The number of ether oxygens (including phenoxy) is 1. The van der Waals surface area contributed by atoms with Crippen LogP contribution in [0, 0.1) is 0 Å². The first-order valence-corrected chi connectivity index (χ1v) is 13.5. The van der Waals surface area contributed by atoms with E-state index in [2.05, 4.69) is 13.8 Å². The molecule has 1 fully saturated rings. The maximum Gasteiger partial charge on any atom is 0.259 e. The van der Waals surface area contributed by atoms with Gasteiger partial charge in [0, 0.05) is 27.4 Å². The highest BCUT2D eigenvalue weighted by Gasteiger charge is 2.32. The number of piperidine rings is 1. The van der Waals surface area contributed by atoms with E-state index in [0.717, 1.165) is 46.1 Å². The van der Waals surface area contributed by atoms with Gasteiger partial charge < -0.3 is 14.5 Å². The summed E-state index contributed by atoms with van der Waals surface area (Å²) in [6.45, 7) is 7.23. The molecule has 0 bridgehead atoms. The Morgan fingerprint density at radius 2 is 1.69 bits per heavy atom. The number of nitrogens with zero attached hydrogens (tertiary/aromatic N) is 2. The number of benzene rings is 3. The zero-order valence-corrected chi connectivity index (χ0v) is 21.9. The molecule has 0 N–H and O–H groups in total. The number of anilines is 1. The lowest BCUT2D eigenvalue weighted by Gasteiger charge is -2.39. The van der Waals surface area contributed by atoms with Gasteiger partial charge in [0.1, 0.15) is 5.75 Å². The van der Waals surface area contributed by atoms with Gasteiger partial charge in [0.15, 0.2) is 0 Å². The topological polar surface area (TPSA) is 49.9 Å². The van der Waals surface area contributed by atoms with Gasteiger partial charge in [0.25, 0.3) is 11.8 Å². The van der Waals surface area contributed by atoms with E-state index in [1.54, 1.807) is 11.8 Å². The van der Waals surface area contributed by atoms with Crippen LogP contribution in [-0.4, -0.2) is 35.4 Å². The van der Waals surface area contributed by atoms with Gasteiger partial charge >= 0.3 is 0 Å². The first-order valence-electron chi connectivity index (χ1n) is 12.7. The lowest BCUT2D eigenvalue weighted by atomic mass is 9.96. The summed E-state index contributed by atoms with van der Waals surface area (Å²) in [6.07, 6.45) is 3.19. The van der Waals surface area contributed by atoms with Crippen molar-refractivity contribution < 1.29 is 14.3 Å². The zero-order valence-electron chi connectivity index (χ0n) is 21.1. The van der Waals surface area contributed by atoms with E-state index in [-0.39, 0.29) is 23.9 Å². The normalized spacial score (nSPS) is 19.4. The van der Waals surface area contributed by atoms with Crippen LogP contribution in [0.25, 0.3) is 0 Å². The van der Waals surface area contributed by atoms with Gasteiger partial charge in [-0.15, -0.1) is 0 Å². The SMILES string of the molecule is CCOc1ccc(CN2C(=O)c3ccccc3Sc3ccc(C(=O)N4[C@@H](C)CCC[C@@H]4C)cc32)cc1. The summed E-state index contributed by atoms with van der Waals surface area (Å²) in [5.74, 6) is 0.787. The number of carbonyl (C=O) groups is 2. The number of fused-ring (bicyclic) bond motifs is 2. The van der Waals surface area contributed by atoms with E-state index in [4.69, 9.17) is 4.74 Å². The van der Waals surface area contributed by atoms with Crippen LogP contribution in [0.1, 0.15) is 66.3 Å². The third-order valence-electron chi connectivity index (χ3n) is 7.08. The van der Waals surface area contributed by atoms with Crippen molar-refractivity contribution in [1.29, 1.82) is 0 Å². The molecule has 0 aliphatic carbocycles. The Kier molecular flexibility index (Phi) is 7.06. The number of hydrogen-bond donors (Lipinski definition) is 0. The van der Waals surface area contributed by atoms with Crippen LogP contribution in [0.2, 0.25) is 0 Å². The molecule has 186 valence electrons. The number of rotatable bonds is 5. The van der Waals surface area contributed by atoms with E-state index in [9.17, 15) is 9.59 Å². The fourth-order valence-corrected chi connectivity index (χ4v) is 6.28. The van der Waals surface area contributed by atoms with Gasteiger partial charge in [-0.2, -0.15) is 0 Å². The monoisotopic (exact) mass is 500 g/mol. The van der Waals surface area contributed by atoms with Crippen molar-refractivity contribution in [2.24, 2.45) is 0 Å². The molecule has 2 heterocycles. The molecule has 5 rings (SSSR count). The summed E-state index contributed by atoms with van der Waals surface area (Å²) < 4.78 is 5.59. The molecule has 0 saturated carbocycles. The second-order valence-electron chi connectivity index (χ2n) is 9.59. The highest BCUT2D eigenvalue weighted by Crippen LogP contribution is 2.42. The molecule has 36 heavy (non-hydrogen) atoms. The lowest BCUT2D eigenvalue weighted by molar-refractivity contribution is 0.0510. The number of likely N-dealkylation sites (tertiary alicyclic amines) is 1. The molecule has 0 radical (unpaired) electrons. The Bertz CT molecular complexity index is 1260. The van der Waals surface area contributed by atoms with Crippen molar-refractivity contribution in [3.8, 4) is 5.75 Å². The minimum atomic E-state index is -0.0601. The first kappa shape index (κ1) is 24.4. The Morgan fingerprint density at radius 1 is 0.972 bits per heavy atom. The van der Waals surface area contributed by atoms with Crippen LogP contribution < -0.4 is 9.64 Å². The predicted octanol–water partition coefficient (Wildman–Crippen LogP) is 6.80. The second-order valence-corrected chi connectivity index (χ2v) is 10.7. The molecule has 0 spiro atoms. The first-order chi connectivity index (χ1) is 17.5. The Labute approximate surface area is 217 Å². The fraction of sp³-hybridized carbons (Fsp3) is 0.333. The molecule has 1 saturated heterocycles. The Balaban J connectivity index is 1.54. The van der Waals surface area contributed by atoms with E-state index in [0.29, 0.717) is 24.3 Å². The maximum absolute atomic E-state index is 13.9. The molecular formula is C30H32N2O3S. The number of amides is 2. The molecule has 5 nitrogen and oxygen atoms in total. The van der Waals surface area contributed by atoms with E-state index in [1.165, 1.54) is 0 Å². The van der Waals surface area contributed by atoms with Crippen molar-refractivity contribution in [1.82, 2.24) is 4.90 Å². The van der Waals surface area contributed by atoms with E-state index < -0.39 is 0 Å². The van der Waals surface area contributed by atoms with Gasteiger partial charge in [-0.25, -0.2) is 0 Å². The molecule has 3 aromatic carbocycles. The average molecular weight is 501 g/mol. The Hall–Kier alpha value is -3.25. The summed E-state index contributed by atoms with van der Waals surface area (Å²) in [5.41, 5.74) is 3.08. The Morgan fingerprint density at radius 3 is 2.42 bits per heavy atom. The maximum atomic E-state index is 13.9. The van der Waals surface area contributed by atoms with Crippen LogP contribution in [0.4, 0.5) is 5.69 Å². The standard InChI is InChI=1S/C30H32N2O3S/c1-4-35-24-15-12-22(13-16-24)19-31-26-18-23(29(33)32-20(2)8-7-9-21(32)3)14-17-28(26)36-27-11-6-5-10-25(27)30(31)34/h5-6,10-18,20-21H,4,7-9,19H2,1-3H3/t20-,21-/m0/s1. The van der Waals surface area contributed by atoms with Gasteiger partial charge in [-0.1, -0.05) is 36.0 Å². The van der Waals surface area contributed by atoms with E-state index in [1.807, 2.05) is 83.5 Å². The predicted molar refractivity (Wildman–Crippen MR) is 144 cm³/mol. The summed E-state index contributed by atoms with van der Waals surface area (Å²) in [7, 11) is 0. The molecule has 2 amide bonds. The number of carbonyl (C=O) groups excluding carboxylic acids is 2. The fourth-order valence-electron chi connectivity index (χ4n) is 5.22. The van der Waals surface area contributed by atoms with Gasteiger partial charge in [-0.05, 0) is 88.1 Å². The van der Waals surface area contributed by atoms with Crippen LogP contribution in [-0.2, 0) is 6.54 Å². The quantitative estimate of drug-likeness (QED) is 0.387. The summed E-state index contributed by atoms with van der Waals surface area (Å²) in [4.78, 5) is 33.2. The summed E-state index contributed by atoms with van der Waals surface area (Å²) >= 11 is 1.58. The van der Waals surface area contributed by atoms with Crippen molar-refractivity contribution >= 4 is 29.3 Å². The molecule has 3 aromatic rings. The van der Waals surface area contributed by atoms with Crippen LogP contribution >= 0.6 is 11.8 Å². The van der Waals surface area contributed by atoms with Crippen molar-refractivity contribution in [3.05, 3.63) is 83.4 Å². The highest BCUT2D eigenvalue weighted by molar-refractivity contribution is 7.99. The van der Waals surface area contributed by atoms with Crippen LogP contribution in [0.3, 0.4) is 0 Å². The minimum absolute atomic E-state index is 0.0396. The largest absolute Gasteiger partial charge is 0.494 e. The van der Waals surface area contributed by atoms with Crippen molar-refractivity contribution in [2.45, 2.75) is 68.5 Å². The van der Waals surface area contributed by atoms with Crippen molar-refractivity contribution in [2.75, 3.05) is 11.5 Å². The van der Waals surface area contributed by atoms with E-state index >= 15 is 0 Å². The third kappa shape index (κ3) is 4.74. The van der Waals surface area contributed by atoms with Crippen LogP contribution in [0.5, 0.6) is 5.75 Å². The summed E-state index contributed by atoms with van der Waals surface area (Å²) in [5, 5.41) is 0. The van der Waals surface area contributed by atoms with Crippen molar-refractivity contribution in [3.63, 3.8) is 0 Å². The molecule has 0 aromatic heterocycles. The molecule has 2 aliphatic rings. The summed E-state index contributed by atoms with van der Waals surface area (Å²) in [6, 6.07) is 21.8. The molecule has 0 unspecified atom stereocenters. The van der Waals surface area contributed by atoms with Gasteiger partial charge in [0.2, 0.25) is 0 Å². The highest BCUT2D eigenvalue weighted by atomic mass is 32.2. The van der Waals surface area contributed by atoms with Crippen LogP contribution in [0.15, 0.2) is 76.5 Å². The molecule has 2 aliphatic heterocycles. The minimum Gasteiger partial charge on any atom is -0.494 e. The lowest BCUT2D eigenvalue weighted by Crippen LogP contribution is -2.47.